The van der Waals surface area contributed by atoms with Crippen LogP contribution in [-0.4, -0.2) is 36.3 Å². The fourth-order valence-corrected chi connectivity index (χ4v) is 1.07. The molecule has 0 radical (unpaired) electrons. The van der Waals surface area contributed by atoms with E-state index in [0.29, 0.717) is 12.3 Å². The molecular weight excluding hydrogens is 172 g/mol. The van der Waals surface area contributed by atoms with E-state index in [-0.39, 0.29) is 24.7 Å². The van der Waals surface area contributed by atoms with Gasteiger partial charge in [-0.05, 0) is 6.92 Å². The van der Waals surface area contributed by atoms with E-state index < -0.39 is 0 Å². The number of carbonyl (C=O) groups is 2. The zero-order valence-electron chi connectivity index (χ0n) is 7.74. The average Bonchev–Trinajstić information content (AvgIpc) is 2.31. The second-order valence-electron chi connectivity index (χ2n) is 2.74. The first-order chi connectivity index (χ1) is 6.13. The van der Waals surface area contributed by atoms with Crippen molar-refractivity contribution in [3.8, 4) is 0 Å². The van der Waals surface area contributed by atoms with E-state index in [1.165, 1.54) is 5.01 Å². The average molecular weight is 184 g/mol. The molecule has 0 saturated heterocycles. The maximum atomic E-state index is 11.0. The molecule has 0 aromatic heterocycles. The van der Waals surface area contributed by atoms with Gasteiger partial charge in [0.15, 0.2) is 0 Å². The van der Waals surface area contributed by atoms with Crippen molar-refractivity contribution in [2.24, 2.45) is 5.10 Å². The van der Waals surface area contributed by atoms with Crippen molar-refractivity contribution in [1.82, 2.24) is 5.01 Å². The van der Waals surface area contributed by atoms with Crippen molar-refractivity contribution >= 4 is 17.6 Å². The summed E-state index contributed by atoms with van der Waals surface area (Å²) in [6.45, 7) is 2.10. The van der Waals surface area contributed by atoms with Gasteiger partial charge in [-0.2, -0.15) is 5.10 Å². The van der Waals surface area contributed by atoms with Gasteiger partial charge in [0.25, 0.3) is 0 Å². The molecule has 13 heavy (non-hydrogen) atoms. The lowest BCUT2D eigenvalue weighted by atomic mass is 10.2. The Morgan fingerprint density at radius 1 is 1.69 bits per heavy atom. The number of ether oxygens (including phenoxy) is 1. The number of hydrogen-bond acceptors (Lipinski definition) is 4. The first-order valence-electron chi connectivity index (χ1n) is 4.12. The van der Waals surface area contributed by atoms with Crippen LogP contribution in [0, 0.1) is 0 Å². The monoisotopic (exact) mass is 184 g/mol. The van der Waals surface area contributed by atoms with Crippen LogP contribution in [0.2, 0.25) is 0 Å². The zero-order chi connectivity index (χ0) is 9.84. The Balaban J connectivity index is 2.43. The summed E-state index contributed by atoms with van der Waals surface area (Å²) in [6.07, 6.45) is 0.346. The quantitative estimate of drug-likeness (QED) is 0.587. The van der Waals surface area contributed by atoms with Gasteiger partial charge in [0.05, 0.1) is 25.2 Å². The second-order valence-corrected chi connectivity index (χ2v) is 2.74. The molecular formula is C8H12N2O3. The molecule has 0 unspecified atom stereocenters. The van der Waals surface area contributed by atoms with Gasteiger partial charge in [0, 0.05) is 7.05 Å². The van der Waals surface area contributed by atoms with Crippen LogP contribution in [0.1, 0.15) is 19.8 Å². The number of hydrogen-bond donors (Lipinski definition) is 0. The summed E-state index contributed by atoms with van der Waals surface area (Å²) in [5.74, 6) is -0.413. The molecule has 72 valence electrons. The number of esters is 1. The van der Waals surface area contributed by atoms with Crippen LogP contribution in [0.4, 0.5) is 0 Å². The van der Waals surface area contributed by atoms with E-state index in [4.69, 9.17) is 4.74 Å². The summed E-state index contributed by atoms with van der Waals surface area (Å²) in [6, 6.07) is 0. The summed E-state index contributed by atoms with van der Waals surface area (Å²) in [5, 5.41) is 5.14. The van der Waals surface area contributed by atoms with Crippen LogP contribution in [0.25, 0.3) is 0 Å². The molecule has 1 amide bonds. The molecule has 0 saturated carbocycles. The Morgan fingerprint density at radius 3 is 2.85 bits per heavy atom. The first-order valence-corrected chi connectivity index (χ1v) is 4.12. The second kappa shape index (κ2) is 4.02. The fourth-order valence-electron chi connectivity index (χ4n) is 1.07. The minimum absolute atomic E-state index is 0.0840. The maximum Gasteiger partial charge on any atom is 0.311 e. The molecule has 0 fully saturated rings. The van der Waals surface area contributed by atoms with Crippen LogP contribution in [0.3, 0.4) is 0 Å². The third-order valence-corrected chi connectivity index (χ3v) is 1.66. The number of amides is 1. The van der Waals surface area contributed by atoms with Crippen molar-refractivity contribution in [3.05, 3.63) is 0 Å². The molecule has 0 aliphatic carbocycles. The van der Waals surface area contributed by atoms with Crippen LogP contribution >= 0.6 is 0 Å². The SMILES string of the molecule is CCOC(=O)CC1=NN(C)C(=O)C1. The summed E-state index contributed by atoms with van der Waals surface area (Å²) in [4.78, 5) is 22.0. The van der Waals surface area contributed by atoms with Crippen LogP contribution in [0.5, 0.6) is 0 Å². The highest BCUT2D eigenvalue weighted by molar-refractivity contribution is 6.10. The maximum absolute atomic E-state index is 11.0. The number of rotatable bonds is 3. The molecule has 5 nitrogen and oxygen atoms in total. The van der Waals surface area contributed by atoms with Crippen LogP contribution < -0.4 is 0 Å². The molecule has 5 heteroatoms. The van der Waals surface area contributed by atoms with Crippen molar-refractivity contribution in [2.75, 3.05) is 13.7 Å². The zero-order valence-corrected chi connectivity index (χ0v) is 7.74. The molecule has 0 spiro atoms. The molecule has 0 aromatic rings. The summed E-state index contributed by atoms with van der Waals surface area (Å²) >= 11 is 0. The van der Waals surface area contributed by atoms with Gasteiger partial charge in [-0.15, -0.1) is 0 Å². The van der Waals surface area contributed by atoms with Gasteiger partial charge >= 0.3 is 5.97 Å². The Bertz CT molecular complexity index is 260. The van der Waals surface area contributed by atoms with E-state index in [0.717, 1.165) is 0 Å². The predicted molar refractivity (Wildman–Crippen MR) is 46.1 cm³/mol. The van der Waals surface area contributed by atoms with Gasteiger partial charge < -0.3 is 4.74 Å². The van der Waals surface area contributed by atoms with Crippen LogP contribution in [-0.2, 0) is 14.3 Å². The van der Waals surface area contributed by atoms with Gasteiger partial charge in [0.1, 0.15) is 0 Å². The Kier molecular flexibility index (Phi) is 3.00. The number of hydrazone groups is 1. The van der Waals surface area contributed by atoms with Crippen molar-refractivity contribution in [3.63, 3.8) is 0 Å². The van der Waals surface area contributed by atoms with Gasteiger partial charge in [-0.3, -0.25) is 9.59 Å². The van der Waals surface area contributed by atoms with Gasteiger partial charge in [-0.1, -0.05) is 0 Å². The minimum Gasteiger partial charge on any atom is -0.466 e. The normalized spacial score (nSPS) is 16.0. The smallest absolute Gasteiger partial charge is 0.311 e. The summed E-state index contributed by atoms with van der Waals surface area (Å²) in [7, 11) is 1.57. The standard InChI is InChI=1S/C8H12N2O3/c1-3-13-8(12)5-6-4-7(11)10(2)9-6/h3-5H2,1-2H3. The highest BCUT2D eigenvalue weighted by Gasteiger charge is 2.22. The lowest BCUT2D eigenvalue weighted by Crippen LogP contribution is -2.14. The third kappa shape index (κ3) is 2.54. The third-order valence-electron chi connectivity index (χ3n) is 1.66. The van der Waals surface area contributed by atoms with Gasteiger partial charge in [-0.25, -0.2) is 5.01 Å². The van der Waals surface area contributed by atoms with Crippen molar-refractivity contribution in [2.45, 2.75) is 19.8 Å². The first kappa shape index (κ1) is 9.70. The molecule has 0 N–H and O–H groups in total. The van der Waals surface area contributed by atoms with E-state index in [9.17, 15) is 9.59 Å². The molecule has 1 heterocycles. The molecule has 1 rings (SSSR count). The Labute approximate surface area is 76.3 Å². The Morgan fingerprint density at radius 2 is 2.38 bits per heavy atom. The summed E-state index contributed by atoms with van der Waals surface area (Å²) in [5.41, 5.74) is 0.575. The van der Waals surface area contributed by atoms with E-state index in [1.54, 1.807) is 14.0 Å². The molecule has 1 aliphatic heterocycles. The van der Waals surface area contributed by atoms with Gasteiger partial charge in [0.2, 0.25) is 5.91 Å². The number of nitrogens with zero attached hydrogens (tertiary/aromatic N) is 2. The topological polar surface area (TPSA) is 59.0 Å². The highest BCUT2D eigenvalue weighted by Crippen LogP contribution is 2.08. The van der Waals surface area contributed by atoms with Crippen molar-refractivity contribution < 1.29 is 14.3 Å². The molecule has 1 aliphatic rings. The molecule has 0 bridgehead atoms. The molecule has 0 atom stereocenters. The fraction of sp³-hybridized carbons (Fsp3) is 0.625. The van der Waals surface area contributed by atoms with E-state index in [1.807, 2.05) is 0 Å². The Hall–Kier alpha value is -1.39. The van der Waals surface area contributed by atoms with Crippen molar-refractivity contribution in [1.29, 1.82) is 0 Å². The predicted octanol–water partition coefficient (Wildman–Crippen LogP) is 0.158. The lowest BCUT2D eigenvalue weighted by Gasteiger charge is -1.99. The summed E-state index contributed by atoms with van der Waals surface area (Å²) < 4.78 is 4.72. The number of carbonyl (C=O) groups excluding carboxylic acids is 2. The van der Waals surface area contributed by atoms with Crippen LogP contribution in [0.15, 0.2) is 5.10 Å². The lowest BCUT2D eigenvalue weighted by molar-refractivity contribution is -0.141. The minimum atomic E-state index is -0.329. The van der Waals surface area contributed by atoms with E-state index in [2.05, 4.69) is 5.10 Å². The largest absolute Gasteiger partial charge is 0.466 e. The molecule has 0 aromatic carbocycles. The highest BCUT2D eigenvalue weighted by atomic mass is 16.5. The van der Waals surface area contributed by atoms with E-state index >= 15 is 0 Å².